The first-order valence-electron chi connectivity index (χ1n) is 10.9. The van der Waals surface area contributed by atoms with Gasteiger partial charge in [0.1, 0.15) is 11.4 Å². The van der Waals surface area contributed by atoms with E-state index in [1.807, 2.05) is 42.6 Å². The van der Waals surface area contributed by atoms with E-state index in [1.54, 1.807) is 45.9 Å². The molecular formula is C25H19N7O3. The van der Waals surface area contributed by atoms with Gasteiger partial charge in [-0.25, -0.2) is 9.67 Å². The molecule has 5 aromatic rings. The van der Waals surface area contributed by atoms with Crippen LogP contribution in [0.4, 0.5) is 5.69 Å². The highest BCUT2D eigenvalue weighted by atomic mass is 16.5. The van der Waals surface area contributed by atoms with Crippen LogP contribution in [0.25, 0.3) is 22.6 Å². The van der Waals surface area contributed by atoms with Gasteiger partial charge < -0.3 is 15.4 Å². The van der Waals surface area contributed by atoms with Crippen LogP contribution in [-0.2, 0) is 11.3 Å². The number of carbonyl (C=O) groups excluding carboxylic acids is 2. The molecule has 172 valence electrons. The molecule has 0 fully saturated rings. The largest absolute Gasteiger partial charge is 0.482 e. The first kappa shape index (κ1) is 20.6. The van der Waals surface area contributed by atoms with Gasteiger partial charge in [0.2, 0.25) is 0 Å². The van der Waals surface area contributed by atoms with Gasteiger partial charge in [0.15, 0.2) is 18.1 Å². The summed E-state index contributed by atoms with van der Waals surface area (Å²) in [6, 6.07) is 18.7. The lowest BCUT2D eigenvalue weighted by atomic mass is 10.1. The van der Waals surface area contributed by atoms with Crippen LogP contribution < -0.4 is 15.4 Å². The van der Waals surface area contributed by atoms with Crippen LogP contribution in [0.3, 0.4) is 0 Å². The maximum absolute atomic E-state index is 13.0. The average molecular weight is 465 g/mol. The van der Waals surface area contributed by atoms with E-state index in [4.69, 9.17) is 4.74 Å². The molecule has 0 aliphatic carbocycles. The van der Waals surface area contributed by atoms with Gasteiger partial charge in [-0.05, 0) is 23.3 Å². The van der Waals surface area contributed by atoms with Crippen LogP contribution in [0.1, 0.15) is 16.1 Å². The molecule has 0 radical (unpaired) electrons. The molecule has 10 nitrogen and oxygen atoms in total. The van der Waals surface area contributed by atoms with E-state index >= 15 is 0 Å². The molecule has 3 aromatic heterocycles. The lowest BCUT2D eigenvalue weighted by molar-refractivity contribution is -0.118. The van der Waals surface area contributed by atoms with E-state index in [0.29, 0.717) is 22.9 Å². The molecule has 1 aliphatic rings. The molecule has 0 bridgehead atoms. The maximum atomic E-state index is 13.0. The predicted octanol–water partition coefficient (Wildman–Crippen LogP) is 2.84. The van der Waals surface area contributed by atoms with Gasteiger partial charge in [-0.2, -0.15) is 14.7 Å². The van der Waals surface area contributed by atoms with Gasteiger partial charge in [0, 0.05) is 30.4 Å². The Morgan fingerprint density at radius 3 is 2.83 bits per heavy atom. The summed E-state index contributed by atoms with van der Waals surface area (Å²) in [5.41, 5.74) is 4.14. The highest BCUT2D eigenvalue weighted by Crippen LogP contribution is 2.28. The summed E-state index contributed by atoms with van der Waals surface area (Å²) >= 11 is 0. The first-order chi connectivity index (χ1) is 17.1. The minimum absolute atomic E-state index is 0.00273. The van der Waals surface area contributed by atoms with E-state index in [0.717, 1.165) is 16.7 Å². The molecule has 35 heavy (non-hydrogen) atoms. The van der Waals surface area contributed by atoms with Crippen molar-refractivity contribution in [1.82, 2.24) is 29.7 Å². The van der Waals surface area contributed by atoms with Crippen LogP contribution in [0.5, 0.6) is 5.75 Å². The van der Waals surface area contributed by atoms with Crippen LogP contribution in [0, 0.1) is 0 Å². The number of rotatable bonds is 5. The highest BCUT2D eigenvalue weighted by Gasteiger charge is 2.18. The quantitative estimate of drug-likeness (QED) is 0.412. The fourth-order valence-corrected chi connectivity index (χ4v) is 3.92. The monoisotopic (exact) mass is 465 g/mol. The first-order valence-corrected chi connectivity index (χ1v) is 10.9. The minimum Gasteiger partial charge on any atom is -0.482 e. The van der Waals surface area contributed by atoms with Crippen molar-refractivity contribution in [2.24, 2.45) is 0 Å². The second kappa shape index (κ2) is 8.41. The maximum Gasteiger partial charge on any atom is 0.270 e. The number of ether oxygens (including phenoxy) is 1. The van der Waals surface area contributed by atoms with Crippen LogP contribution in [0.15, 0.2) is 79.3 Å². The van der Waals surface area contributed by atoms with Crippen molar-refractivity contribution in [3.8, 4) is 22.7 Å². The van der Waals surface area contributed by atoms with E-state index in [2.05, 4.69) is 25.8 Å². The Bertz CT molecular complexity index is 1570. The topological polar surface area (TPSA) is 115 Å². The Hall–Kier alpha value is -4.99. The number of benzene rings is 2. The predicted molar refractivity (Wildman–Crippen MR) is 127 cm³/mol. The Morgan fingerprint density at radius 1 is 1.06 bits per heavy atom. The fourth-order valence-electron chi connectivity index (χ4n) is 3.92. The van der Waals surface area contributed by atoms with E-state index in [9.17, 15) is 9.59 Å². The van der Waals surface area contributed by atoms with Crippen molar-refractivity contribution in [2.75, 3.05) is 11.9 Å². The molecule has 4 heterocycles. The molecule has 0 saturated carbocycles. The number of anilines is 1. The van der Waals surface area contributed by atoms with Gasteiger partial charge in [-0.1, -0.05) is 36.4 Å². The molecule has 6 rings (SSSR count). The molecule has 0 unspecified atom stereocenters. The van der Waals surface area contributed by atoms with Crippen molar-refractivity contribution in [3.05, 3.63) is 90.5 Å². The van der Waals surface area contributed by atoms with Gasteiger partial charge in [-0.3, -0.25) is 9.59 Å². The lowest BCUT2D eigenvalue weighted by Crippen LogP contribution is -2.26. The Morgan fingerprint density at radius 2 is 1.94 bits per heavy atom. The third-order valence-corrected chi connectivity index (χ3v) is 5.63. The van der Waals surface area contributed by atoms with Gasteiger partial charge in [0.05, 0.1) is 18.1 Å². The van der Waals surface area contributed by atoms with E-state index < -0.39 is 0 Å². The van der Waals surface area contributed by atoms with Crippen molar-refractivity contribution < 1.29 is 14.3 Å². The molecular weight excluding hydrogens is 446 g/mol. The second-order valence-corrected chi connectivity index (χ2v) is 7.99. The van der Waals surface area contributed by atoms with Crippen molar-refractivity contribution in [1.29, 1.82) is 0 Å². The molecule has 0 atom stereocenters. The number of fused-ring (bicyclic) bond motifs is 2. The molecule has 2 amide bonds. The normalized spacial score (nSPS) is 12.6. The number of amides is 2. The summed E-state index contributed by atoms with van der Waals surface area (Å²) < 4.78 is 8.68. The van der Waals surface area contributed by atoms with Gasteiger partial charge in [0.25, 0.3) is 11.8 Å². The SMILES string of the molecule is O=C1COc2ccc(CNC(=O)c3cc(-n4cc(-c5ccccc5)cn4)n4nccc4n3)cc2N1. The second-order valence-electron chi connectivity index (χ2n) is 7.99. The smallest absolute Gasteiger partial charge is 0.270 e. The summed E-state index contributed by atoms with van der Waals surface area (Å²) in [5.74, 6) is 0.634. The van der Waals surface area contributed by atoms with Crippen LogP contribution in [0.2, 0.25) is 0 Å². The number of aromatic nitrogens is 5. The molecule has 0 saturated heterocycles. The Labute approximate surface area is 199 Å². The molecule has 1 aliphatic heterocycles. The molecule has 2 aromatic carbocycles. The minimum atomic E-state index is -0.344. The zero-order chi connectivity index (χ0) is 23.8. The number of nitrogens with zero attached hydrogens (tertiary/aromatic N) is 5. The standard InChI is InChI=1S/C25H19N7O3/c33-23-15-35-21-7-6-16(10-19(21)30-23)12-26-25(34)20-11-24(32-22(29-20)8-9-27-32)31-14-18(13-28-31)17-4-2-1-3-5-17/h1-11,13-14H,12,15H2,(H,26,34)(H,30,33). The zero-order valence-corrected chi connectivity index (χ0v) is 18.4. The van der Waals surface area contributed by atoms with Gasteiger partial charge in [-0.15, -0.1) is 0 Å². The summed E-state index contributed by atoms with van der Waals surface area (Å²) in [7, 11) is 0. The lowest BCUT2D eigenvalue weighted by Gasteiger charge is -2.18. The molecule has 0 spiro atoms. The number of carbonyl (C=O) groups is 2. The Kier molecular flexibility index (Phi) is 4.95. The average Bonchev–Trinajstić information content (AvgIpc) is 3.57. The van der Waals surface area contributed by atoms with Crippen LogP contribution >= 0.6 is 0 Å². The molecule has 10 heteroatoms. The molecule has 2 N–H and O–H groups in total. The van der Waals surface area contributed by atoms with Crippen molar-refractivity contribution in [3.63, 3.8) is 0 Å². The van der Waals surface area contributed by atoms with E-state index in [1.165, 1.54) is 0 Å². The third kappa shape index (κ3) is 3.97. The summed E-state index contributed by atoms with van der Waals surface area (Å²) in [6.07, 6.45) is 5.28. The number of nitrogens with one attached hydrogen (secondary N) is 2. The summed E-state index contributed by atoms with van der Waals surface area (Å²) in [5, 5.41) is 14.5. The van der Waals surface area contributed by atoms with Gasteiger partial charge >= 0.3 is 0 Å². The summed E-state index contributed by atoms with van der Waals surface area (Å²) in [6.45, 7) is 0.251. The highest BCUT2D eigenvalue weighted by molar-refractivity contribution is 5.95. The van der Waals surface area contributed by atoms with Crippen LogP contribution in [-0.4, -0.2) is 42.8 Å². The number of hydrogen-bond donors (Lipinski definition) is 2. The third-order valence-electron chi connectivity index (χ3n) is 5.63. The zero-order valence-electron chi connectivity index (χ0n) is 18.4. The van der Waals surface area contributed by atoms with Crippen molar-refractivity contribution in [2.45, 2.75) is 6.54 Å². The van der Waals surface area contributed by atoms with Crippen molar-refractivity contribution >= 4 is 23.1 Å². The van der Waals surface area contributed by atoms with E-state index in [-0.39, 0.29) is 30.7 Å². The number of hydrogen-bond acceptors (Lipinski definition) is 6. The Balaban J connectivity index is 1.26. The fraction of sp³-hybridized carbons (Fsp3) is 0.0800. The summed E-state index contributed by atoms with van der Waals surface area (Å²) in [4.78, 5) is 29.0.